The maximum atomic E-state index is 12.7. The zero-order valence-electron chi connectivity index (χ0n) is 11.0. The molecule has 4 atom stereocenters. The zero-order valence-corrected chi connectivity index (χ0v) is 11.0. The van der Waals surface area contributed by atoms with Gasteiger partial charge in [0.1, 0.15) is 0 Å². The Morgan fingerprint density at radius 2 is 1.94 bits per heavy atom. The van der Waals surface area contributed by atoms with E-state index in [1.165, 1.54) is 0 Å². The lowest BCUT2D eigenvalue weighted by Gasteiger charge is -2.39. The van der Waals surface area contributed by atoms with Crippen LogP contribution in [0, 0.1) is 5.92 Å². The number of nitrogens with zero attached hydrogens (tertiary/aromatic N) is 1. The lowest BCUT2D eigenvalue weighted by Crippen LogP contribution is -2.51. The smallest absolute Gasteiger partial charge is 0.228 e. The summed E-state index contributed by atoms with van der Waals surface area (Å²) < 4.78 is 5.64. The van der Waals surface area contributed by atoms with Crippen LogP contribution in [0.3, 0.4) is 0 Å². The third-order valence-corrected chi connectivity index (χ3v) is 4.89. The van der Waals surface area contributed by atoms with Crippen LogP contribution in [-0.2, 0) is 9.53 Å². The molecule has 4 nitrogen and oxygen atoms in total. The van der Waals surface area contributed by atoms with E-state index in [2.05, 4.69) is 11.8 Å². The molecule has 3 heterocycles. The molecule has 0 saturated carbocycles. The number of rotatable bonds is 2. The Labute approximate surface area is 108 Å². The van der Waals surface area contributed by atoms with E-state index in [1.54, 1.807) is 0 Å². The largest absolute Gasteiger partial charge is 0.393 e. The summed E-state index contributed by atoms with van der Waals surface area (Å²) in [7, 11) is 0. The molecule has 18 heavy (non-hydrogen) atoms. The molecular formula is C14H23NO3. The van der Waals surface area contributed by atoms with E-state index in [9.17, 15) is 9.90 Å². The third-order valence-electron chi connectivity index (χ3n) is 4.89. The Balaban J connectivity index is 1.73. The Morgan fingerprint density at radius 1 is 1.28 bits per heavy atom. The van der Waals surface area contributed by atoms with E-state index in [0.29, 0.717) is 5.91 Å². The zero-order chi connectivity index (χ0) is 12.7. The number of hydrogen-bond donors (Lipinski definition) is 1. The van der Waals surface area contributed by atoms with Crippen molar-refractivity contribution in [1.29, 1.82) is 0 Å². The highest BCUT2D eigenvalue weighted by molar-refractivity contribution is 5.81. The summed E-state index contributed by atoms with van der Waals surface area (Å²) in [5.74, 6) is 0.354. The molecule has 1 N–H and O–H groups in total. The molecule has 3 aliphatic heterocycles. The van der Waals surface area contributed by atoms with Crippen LogP contribution in [0.5, 0.6) is 0 Å². The van der Waals surface area contributed by atoms with Crippen molar-refractivity contribution in [1.82, 2.24) is 4.90 Å². The molecule has 0 radical (unpaired) electrons. The van der Waals surface area contributed by atoms with Crippen molar-refractivity contribution in [2.45, 2.75) is 69.7 Å². The molecule has 0 spiro atoms. The number of ether oxygens (including phenoxy) is 1. The predicted molar refractivity (Wildman–Crippen MR) is 67.0 cm³/mol. The summed E-state index contributed by atoms with van der Waals surface area (Å²) in [4.78, 5) is 14.8. The third kappa shape index (κ3) is 1.95. The van der Waals surface area contributed by atoms with Gasteiger partial charge in [0, 0.05) is 18.7 Å². The number of hydrogen-bond acceptors (Lipinski definition) is 3. The van der Waals surface area contributed by atoms with Crippen molar-refractivity contribution in [2.75, 3.05) is 6.61 Å². The van der Waals surface area contributed by atoms with Crippen molar-refractivity contribution >= 4 is 5.91 Å². The van der Waals surface area contributed by atoms with Gasteiger partial charge < -0.3 is 14.7 Å². The molecule has 3 fully saturated rings. The first kappa shape index (κ1) is 12.4. The van der Waals surface area contributed by atoms with Gasteiger partial charge in [-0.25, -0.2) is 0 Å². The van der Waals surface area contributed by atoms with Crippen LogP contribution in [0.25, 0.3) is 0 Å². The molecule has 2 bridgehead atoms. The fourth-order valence-corrected chi connectivity index (χ4v) is 4.03. The van der Waals surface area contributed by atoms with Gasteiger partial charge >= 0.3 is 0 Å². The van der Waals surface area contributed by atoms with Gasteiger partial charge in [-0.15, -0.1) is 0 Å². The maximum absolute atomic E-state index is 12.7. The molecule has 1 amide bonds. The van der Waals surface area contributed by atoms with E-state index in [-0.39, 0.29) is 30.2 Å². The molecule has 3 rings (SSSR count). The molecule has 0 aromatic carbocycles. The van der Waals surface area contributed by atoms with Gasteiger partial charge in [0.25, 0.3) is 0 Å². The molecular weight excluding hydrogens is 230 g/mol. The number of piperidine rings is 1. The molecule has 3 saturated heterocycles. The average molecular weight is 253 g/mol. The highest BCUT2D eigenvalue weighted by Gasteiger charge is 2.46. The molecule has 102 valence electrons. The van der Waals surface area contributed by atoms with Crippen LogP contribution < -0.4 is 0 Å². The lowest BCUT2D eigenvalue weighted by molar-refractivity contribution is -0.143. The van der Waals surface area contributed by atoms with E-state index in [0.717, 1.165) is 45.1 Å². The second-order valence-electron chi connectivity index (χ2n) is 5.97. The minimum atomic E-state index is -0.201. The van der Waals surface area contributed by atoms with Gasteiger partial charge in [-0.05, 0) is 38.5 Å². The first-order valence-electron chi connectivity index (χ1n) is 7.32. The number of carbonyl (C=O) groups excluding carboxylic acids is 1. The Kier molecular flexibility index (Phi) is 3.32. The van der Waals surface area contributed by atoms with Crippen molar-refractivity contribution in [3.05, 3.63) is 0 Å². The molecule has 4 heteroatoms. The second kappa shape index (κ2) is 4.82. The standard InChI is InChI=1S/C14H23NO3/c1-2-13-12(5-6-18-13)14(17)15-9-3-4-10(15)8-11(16)7-9/h9-13,16H,2-8H2,1H3. The average Bonchev–Trinajstić information content (AvgIpc) is 2.92. The highest BCUT2D eigenvalue weighted by atomic mass is 16.5. The van der Waals surface area contributed by atoms with Crippen molar-refractivity contribution < 1.29 is 14.6 Å². The van der Waals surface area contributed by atoms with Crippen LogP contribution in [0.2, 0.25) is 0 Å². The monoisotopic (exact) mass is 253 g/mol. The summed E-state index contributed by atoms with van der Waals surface area (Å²) >= 11 is 0. The van der Waals surface area contributed by atoms with E-state index in [4.69, 9.17) is 4.74 Å². The molecule has 0 aromatic rings. The number of aliphatic hydroxyl groups is 1. The Morgan fingerprint density at radius 3 is 2.56 bits per heavy atom. The maximum Gasteiger partial charge on any atom is 0.228 e. The van der Waals surface area contributed by atoms with E-state index in [1.807, 2.05) is 0 Å². The fraction of sp³-hybridized carbons (Fsp3) is 0.929. The van der Waals surface area contributed by atoms with Crippen LogP contribution in [-0.4, -0.2) is 46.8 Å². The van der Waals surface area contributed by atoms with Gasteiger partial charge in [0.05, 0.1) is 18.1 Å². The van der Waals surface area contributed by atoms with Crippen LogP contribution in [0.4, 0.5) is 0 Å². The van der Waals surface area contributed by atoms with E-state index < -0.39 is 0 Å². The topological polar surface area (TPSA) is 49.8 Å². The van der Waals surface area contributed by atoms with Gasteiger partial charge in [-0.1, -0.05) is 6.92 Å². The summed E-state index contributed by atoms with van der Waals surface area (Å²) in [6.45, 7) is 2.81. The Bertz CT molecular complexity index is 319. The van der Waals surface area contributed by atoms with Crippen LogP contribution in [0.1, 0.15) is 45.4 Å². The molecule has 0 aromatic heterocycles. The SMILES string of the molecule is CCC1OCCC1C(=O)N1C2CCC1CC(O)C2. The summed E-state index contributed by atoms with van der Waals surface area (Å²) in [6.07, 6.45) is 5.38. The first-order chi connectivity index (χ1) is 8.70. The summed E-state index contributed by atoms with van der Waals surface area (Å²) in [6, 6.07) is 0.564. The number of aliphatic hydroxyl groups excluding tert-OH is 1. The van der Waals surface area contributed by atoms with Gasteiger partial charge in [-0.2, -0.15) is 0 Å². The minimum Gasteiger partial charge on any atom is -0.393 e. The van der Waals surface area contributed by atoms with Gasteiger partial charge in [0.2, 0.25) is 5.91 Å². The van der Waals surface area contributed by atoms with Crippen molar-refractivity contribution in [2.24, 2.45) is 5.92 Å². The van der Waals surface area contributed by atoms with Crippen LogP contribution in [0.15, 0.2) is 0 Å². The molecule has 4 unspecified atom stereocenters. The number of carbonyl (C=O) groups is 1. The summed E-state index contributed by atoms with van der Waals surface area (Å²) in [5, 5.41) is 9.79. The molecule has 0 aliphatic carbocycles. The quantitative estimate of drug-likeness (QED) is 0.807. The van der Waals surface area contributed by atoms with E-state index >= 15 is 0 Å². The number of fused-ring (bicyclic) bond motifs is 2. The molecule has 3 aliphatic rings. The van der Waals surface area contributed by atoms with Crippen LogP contribution >= 0.6 is 0 Å². The van der Waals surface area contributed by atoms with Crippen molar-refractivity contribution in [3.63, 3.8) is 0 Å². The van der Waals surface area contributed by atoms with Gasteiger partial charge in [-0.3, -0.25) is 4.79 Å². The lowest BCUT2D eigenvalue weighted by atomic mass is 9.93. The minimum absolute atomic E-state index is 0.0633. The summed E-state index contributed by atoms with van der Waals surface area (Å²) in [5.41, 5.74) is 0. The van der Waals surface area contributed by atoms with Gasteiger partial charge in [0.15, 0.2) is 0 Å². The second-order valence-corrected chi connectivity index (χ2v) is 5.97. The fourth-order valence-electron chi connectivity index (χ4n) is 4.03. The van der Waals surface area contributed by atoms with Crippen molar-refractivity contribution in [3.8, 4) is 0 Å². The predicted octanol–water partition coefficient (Wildman–Crippen LogP) is 1.32. The normalized spacial score (nSPS) is 43.4. The number of amides is 1. The highest BCUT2D eigenvalue weighted by Crippen LogP contribution is 2.38. The Hall–Kier alpha value is -0.610. The first-order valence-corrected chi connectivity index (χ1v) is 7.32.